The largest absolute Gasteiger partial charge is 0.318 e. The standard InChI is InChI=1S/C12H20N4O4S/c1-12(2,3)8-15(4)21(19,20)9-5-6-10(14-13)11(7-9)16(17)18/h5-7,14H,8,13H2,1-4H3. The Morgan fingerprint density at radius 2 is 1.95 bits per heavy atom. The second-order valence-corrected chi connectivity index (χ2v) is 7.95. The molecule has 0 amide bonds. The van der Waals surface area contributed by atoms with E-state index in [1.165, 1.54) is 23.5 Å². The van der Waals surface area contributed by atoms with E-state index in [0.717, 1.165) is 6.07 Å². The maximum absolute atomic E-state index is 12.4. The van der Waals surface area contributed by atoms with Crippen LogP contribution in [-0.2, 0) is 10.0 Å². The molecule has 0 aliphatic rings. The van der Waals surface area contributed by atoms with Crippen LogP contribution in [0.15, 0.2) is 23.1 Å². The van der Waals surface area contributed by atoms with Crippen LogP contribution >= 0.6 is 0 Å². The van der Waals surface area contributed by atoms with Crippen molar-refractivity contribution in [3.8, 4) is 0 Å². The molecule has 3 N–H and O–H groups in total. The Bertz CT molecular complexity index is 637. The van der Waals surface area contributed by atoms with E-state index in [9.17, 15) is 18.5 Å². The average Bonchev–Trinajstić information content (AvgIpc) is 2.35. The molecular weight excluding hydrogens is 296 g/mol. The normalized spacial score (nSPS) is 12.5. The first-order chi connectivity index (χ1) is 9.49. The maximum Gasteiger partial charge on any atom is 0.294 e. The summed E-state index contributed by atoms with van der Waals surface area (Å²) in [5.74, 6) is 5.18. The fourth-order valence-electron chi connectivity index (χ4n) is 1.88. The van der Waals surface area contributed by atoms with Gasteiger partial charge in [-0.1, -0.05) is 20.8 Å². The molecule has 0 saturated heterocycles. The van der Waals surface area contributed by atoms with Crippen molar-refractivity contribution < 1.29 is 13.3 Å². The highest BCUT2D eigenvalue weighted by Crippen LogP contribution is 2.28. The Balaban J connectivity index is 3.26. The molecule has 1 rings (SSSR count). The zero-order valence-corrected chi connectivity index (χ0v) is 13.3. The van der Waals surface area contributed by atoms with Gasteiger partial charge < -0.3 is 5.43 Å². The van der Waals surface area contributed by atoms with E-state index in [4.69, 9.17) is 5.84 Å². The molecule has 0 aliphatic heterocycles. The number of nitrogens with two attached hydrogens (primary N) is 1. The smallest absolute Gasteiger partial charge is 0.294 e. The van der Waals surface area contributed by atoms with Crippen LogP contribution < -0.4 is 11.3 Å². The third-order valence-corrected chi connectivity index (χ3v) is 4.53. The Morgan fingerprint density at radius 1 is 1.38 bits per heavy atom. The van der Waals surface area contributed by atoms with Crippen LogP contribution in [0.1, 0.15) is 20.8 Å². The molecule has 118 valence electrons. The predicted molar refractivity (Wildman–Crippen MR) is 80.2 cm³/mol. The quantitative estimate of drug-likeness (QED) is 0.483. The summed E-state index contributed by atoms with van der Waals surface area (Å²) in [5.41, 5.74) is 1.61. The van der Waals surface area contributed by atoms with Gasteiger partial charge in [0.05, 0.1) is 9.82 Å². The highest BCUT2D eigenvalue weighted by atomic mass is 32.2. The summed E-state index contributed by atoms with van der Waals surface area (Å²) >= 11 is 0. The van der Waals surface area contributed by atoms with Gasteiger partial charge in [0.2, 0.25) is 10.0 Å². The highest BCUT2D eigenvalue weighted by molar-refractivity contribution is 7.89. The van der Waals surface area contributed by atoms with Crippen molar-refractivity contribution in [3.05, 3.63) is 28.3 Å². The van der Waals surface area contributed by atoms with Crippen LogP contribution in [0, 0.1) is 15.5 Å². The van der Waals surface area contributed by atoms with Crippen molar-refractivity contribution in [2.75, 3.05) is 19.0 Å². The summed E-state index contributed by atoms with van der Waals surface area (Å²) in [6.07, 6.45) is 0. The van der Waals surface area contributed by atoms with Gasteiger partial charge in [-0.25, -0.2) is 12.7 Å². The molecule has 1 aromatic carbocycles. The maximum atomic E-state index is 12.4. The van der Waals surface area contributed by atoms with E-state index < -0.39 is 14.9 Å². The fraction of sp³-hybridized carbons (Fsp3) is 0.500. The predicted octanol–water partition coefficient (Wildman–Crippen LogP) is 1.55. The molecule has 21 heavy (non-hydrogen) atoms. The molecule has 0 fully saturated rings. The van der Waals surface area contributed by atoms with Crippen molar-refractivity contribution in [2.45, 2.75) is 25.7 Å². The summed E-state index contributed by atoms with van der Waals surface area (Å²) in [6, 6.07) is 3.57. The molecule has 0 heterocycles. The third-order valence-electron chi connectivity index (χ3n) is 2.73. The summed E-state index contributed by atoms with van der Waals surface area (Å²) in [4.78, 5) is 10.1. The van der Waals surface area contributed by atoms with Gasteiger partial charge in [0.1, 0.15) is 5.69 Å². The number of hydrazine groups is 1. The Morgan fingerprint density at radius 3 is 2.38 bits per heavy atom. The molecule has 0 aromatic heterocycles. The minimum absolute atomic E-state index is 0.0532. The van der Waals surface area contributed by atoms with Gasteiger partial charge in [-0.3, -0.25) is 16.0 Å². The van der Waals surface area contributed by atoms with Crippen molar-refractivity contribution in [2.24, 2.45) is 11.3 Å². The Labute approximate surface area is 124 Å². The van der Waals surface area contributed by atoms with Crippen LogP contribution in [0.25, 0.3) is 0 Å². The van der Waals surface area contributed by atoms with Crippen LogP contribution in [-0.4, -0.2) is 31.2 Å². The van der Waals surface area contributed by atoms with Gasteiger partial charge in [0.25, 0.3) is 5.69 Å². The molecule has 9 heteroatoms. The lowest BCUT2D eigenvalue weighted by atomic mass is 9.97. The van der Waals surface area contributed by atoms with Crippen molar-refractivity contribution in [1.82, 2.24) is 4.31 Å². The lowest BCUT2D eigenvalue weighted by Crippen LogP contribution is -2.34. The minimum Gasteiger partial charge on any atom is -0.318 e. The van der Waals surface area contributed by atoms with Gasteiger partial charge in [-0.15, -0.1) is 0 Å². The zero-order chi connectivity index (χ0) is 16.4. The van der Waals surface area contributed by atoms with Gasteiger partial charge >= 0.3 is 0 Å². The van der Waals surface area contributed by atoms with Crippen LogP contribution in [0.3, 0.4) is 0 Å². The molecular formula is C12H20N4O4S. The molecule has 0 radical (unpaired) electrons. The second-order valence-electron chi connectivity index (χ2n) is 5.90. The first-order valence-corrected chi connectivity index (χ1v) is 7.64. The van der Waals surface area contributed by atoms with Crippen LogP contribution in [0.4, 0.5) is 11.4 Å². The SMILES string of the molecule is CN(CC(C)(C)C)S(=O)(=O)c1ccc(NN)c([N+](=O)[O-])c1. The van der Waals surface area contributed by atoms with E-state index in [2.05, 4.69) is 5.43 Å². The number of nitrogens with one attached hydrogen (secondary N) is 1. The number of hydrogen-bond donors (Lipinski definition) is 2. The van der Waals surface area contributed by atoms with Gasteiger partial charge in [-0.05, 0) is 17.5 Å². The number of nitro groups is 1. The topological polar surface area (TPSA) is 119 Å². The summed E-state index contributed by atoms with van der Waals surface area (Å²) < 4.78 is 26.1. The monoisotopic (exact) mass is 316 g/mol. The van der Waals surface area contributed by atoms with E-state index >= 15 is 0 Å². The van der Waals surface area contributed by atoms with Crippen LogP contribution in [0.2, 0.25) is 0 Å². The molecule has 0 bridgehead atoms. The lowest BCUT2D eigenvalue weighted by Gasteiger charge is -2.26. The summed E-state index contributed by atoms with van der Waals surface area (Å²) in [6.45, 7) is 6.01. The lowest BCUT2D eigenvalue weighted by molar-refractivity contribution is -0.384. The number of nitrogens with zero attached hydrogens (tertiary/aromatic N) is 2. The summed E-state index contributed by atoms with van der Waals surface area (Å²) in [5, 5.41) is 11.0. The van der Waals surface area contributed by atoms with E-state index in [0.29, 0.717) is 6.54 Å². The molecule has 8 nitrogen and oxygen atoms in total. The van der Waals surface area contributed by atoms with Crippen LogP contribution in [0.5, 0.6) is 0 Å². The molecule has 0 aliphatic carbocycles. The molecule has 1 aromatic rings. The average molecular weight is 316 g/mol. The minimum atomic E-state index is -3.79. The van der Waals surface area contributed by atoms with E-state index in [-0.39, 0.29) is 21.7 Å². The number of sulfonamides is 1. The van der Waals surface area contributed by atoms with Gasteiger partial charge in [-0.2, -0.15) is 0 Å². The highest BCUT2D eigenvalue weighted by Gasteiger charge is 2.27. The number of nitrogen functional groups attached to an aromatic ring is 1. The summed E-state index contributed by atoms with van der Waals surface area (Å²) in [7, 11) is -2.35. The van der Waals surface area contributed by atoms with E-state index in [1.807, 2.05) is 20.8 Å². The Kier molecular flexibility index (Phi) is 4.92. The molecule has 0 unspecified atom stereocenters. The van der Waals surface area contributed by atoms with Gasteiger partial charge in [0.15, 0.2) is 0 Å². The molecule has 0 spiro atoms. The number of anilines is 1. The number of benzene rings is 1. The second kappa shape index (κ2) is 5.96. The van der Waals surface area contributed by atoms with Gasteiger partial charge in [0, 0.05) is 19.7 Å². The Hall–Kier alpha value is -1.71. The fourth-order valence-corrected chi connectivity index (χ4v) is 3.30. The van der Waals surface area contributed by atoms with E-state index in [1.54, 1.807) is 0 Å². The molecule has 0 atom stereocenters. The number of hydrogen-bond acceptors (Lipinski definition) is 6. The van der Waals surface area contributed by atoms with Crippen molar-refractivity contribution >= 4 is 21.4 Å². The van der Waals surface area contributed by atoms with Crippen molar-refractivity contribution in [1.29, 1.82) is 0 Å². The molecule has 0 saturated carbocycles. The first-order valence-electron chi connectivity index (χ1n) is 6.20. The number of nitro benzene ring substituents is 1. The first kappa shape index (κ1) is 17.3. The third kappa shape index (κ3) is 4.13. The number of rotatable bonds is 5. The zero-order valence-electron chi connectivity index (χ0n) is 12.5. The van der Waals surface area contributed by atoms with Crippen molar-refractivity contribution in [3.63, 3.8) is 0 Å².